The number of fused-ring (bicyclic) bond motifs is 1. The fraction of sp³-hybridized carbons (Fsp3) is 0.300. The van der Waals surface area contributed by atoms with Gasteiger partial charge in [-0.3, -0.25) is 0 Å². The maximum absolute atomic E-state index is 5.87. The zero-order chi connectivity index (χ0) is 11.8. The van der Waals surface area contributed by atoms with Crippen molar-refractivity contribution < 1.29 is 0 Å². The van der Waals surface area contributed by atoms with Gasteiger partial charge >= 0.3 is 0 Å². The lowest BCUT2D eigenvalue weighted by Gasteiger charge is -2.21. The van der Waals surface area contributed by atoms with Crippen molar-refractivity contribution in [2.45, 2.75) is 19.4 Å². The minimum absolute atomic E-state index is 0.343. The summed E-state index contributed by atoms with van der Waals surface area (Å²) in [5.74, 6) is 3.73. The highest BCUT2D eigenvalue weighted by Crippen LogP contribution is 2.18. The van der Waals surface area contributed by atoms with Crippen LogP contribution in [0.1, 0.15) is 13.8 Å². The number of nitrogens with zero attached hydrogens (tertiary/aromatic N) is 4. The first-order valence-electron chi connectivity index (χ1n) is 4.64. The summed E-state index contributed by atoms with van der Waals surface area (Å²) in [6.07, 6.45) is 6.81. The summed E-state index contributed by atoms with van der Waals surface area (Å²) in [6, 6.07) is 1.66. The maximum Gasteiger partial charge on any atom is 0.255 e. The Morgan fingerprint density at radius 1 is 1.56 bits per heavy atom. The summed E-state index contributed by atoms with van der Waals surface area (Å²) in [5.41, 5.74) is -0.496. The van der Waals surface area contributed by atoms with Crippen LogP contribution in [-0.2, 0) is 0 Å². The molecule has 0 saturated carbocycles. The van der Waals surface area contributed by atoms with E-state index in [9.17, 15) is 0 Å². The van der Waals surface area contributed by atoms with Crippen molar-refractivity contribution in [2.24, 2.45) is 0 Å². The van der Waals surface area contributed by atoms with Crippen LogP contribution in [0.3, 0.4) is 0 Å². The van der Waals surface area contributed by atoms with Gasteiger partial charge in [-0.2, -0.15) is 19.6 Å². The van der Waals surface area contributed by atoms with Gasteiger partial charge in [0.15, 0.2) is 0 Å². The van der Waals surface area contributed by atoms with Crippen molar-refractivity contribution in [3.8, 4) is 12.3 Å². The van der Waals surface area contributed by atoms with Gasteiger partial charge in [0.05, 0.1) is 5.54 Å². The predicted molar refractivity (Wildman–Crippen MR) is 62.3 cm³/mol. The van der Waals surface area contributed by atoms with Crippen molar-refractivity contribution in [2.75, 3.05) is 5.32 Å². The normalized spacial score (nSPS) is 11.4. The topological polar surface area (TPSA) is 55.1 Å². The Morgan fingerprint density at radius 2 is 2.31 bits per heavy atom. The van der Waals surface area contributed by atoms with Crippen molar-refractivity contribution in [1.82, 2.24) is 19.6 Å². The largest absolute Gasteiger partial charge is 0.354 e. The van der Waals surface area contributed by atoms with E-state index in [1.807, 2.05) is 13.8 Å². The third-order valence-electron chi connectivity index (χ3n) is 2.02. The Labute approximate surface area is 97.9 Å². The fourth-order valence-corrected chi connectivity index (χ4v) is 1.41. The monoisotopic (exact) mass is 235 g/mol. The molecule has 82 valence electrons. The molecule has 2 rings (SSSR count). The Morgan fingerprint density at radius 3 is 3.00 bits per heavy atom. The summed E-state index contributed by atoms with van der Waals surface area (Å²) >= 11 is 5.87. The van der Waals surface area contributed by atoms with Gasteiger partial charge in [0, 0.05) is 6.07 Å². The van der Waals surface area contributed by atoms with Crippen LogP contribution < -0.4 is 5.32 Å². The van der Waals surface area contributed by atoms with Crippen LogP contribution in [0, 0.1) is 12.3 Å². The summed E-state index contributed by atoms with van der Waals surface area (Å²) < 4.78 is 1.55. The number of nitrogens with one attached hydrogen (secondary N) is 1. The first-order chi connectivity index (χ1) is 7.52. The zero-order valence-corrected chi connectivity index (χ0v) is 9.65. The van der Waals surface area contributed by atoms with Crippen LogP contribution in [0.15, 0.2) is 12.4 Å². The molecule has 0 aliphatic heterocycles. The van der Waals surface area contributed by atoms with Gasteiger partial charge < -0.3 is 5.32 Å². The molecule has 0 radical (unpaired) electrons. The lowest BCUT2D eigenvalue weighted by Crippen LogP contribution is -2.29. The van der Waals surface area contributed by atoms with E-state index in [1.165, 1.54) is 6.33 Å². The van der Waals surface area contributed by atoms with Gasteiger partial charge in [-0.05, 0) is 13.8 Å². The average Bonchev–Trinajstić information content (AvgIpc) is 2.65. The highest BCUT2D eigenvalue weighted by atomic mass is 35.5. The van der Waals surface area contributed by atoms with Crippen molar-refractivity contribution in [3.63, 3.8) is 0 Å². The van der Waals surface area contributed by atoms with Gasteiger partial charge in [-0.25, -0.2) is 0 Å². The molecule has 0 aliphatic carbocycles. The minimum Gasteiger partial charge on any atom is -0.354 e. The number of hydrogen-bond donors (Lipinski definition) is 1. The Balaban J connectivity index is 2.52. The average molecular weight is 236 g/mol. The molecule has 0 unspecified atom stereocenters. The second-order valence-electron chi connectivity index (χ2n) is 3.83. The Bertz CT molecular complexity index is 566. The van der Waals surface area contributed by atoms with Crippen LogP contribution in [0.4, 0.5) is 5.82 Å². The second kappa shape index (κ2) is 3.65. The molecule has 6 heteroatoms. The van der Waals surface area contributed by atoms with E-state index in [1.54, 1.807) is 10.6 Å². The van der Waals surface area contributed by atoms with Crippen LogP contribution in [0.5, 0.6) is 0 Å². The number of anilines is 1. The molecule has 0 aromatic carbocycles. The lowest BCUT2D eigenvalue weighted by atomic mass is 10.1. The molecule has 0 amide bonds. The molecule has 0 aliphatic rings. The molecule has 5 nitrogen and oxygen atoms in total. The predicted octanol–water partition coefficient (Wildman–Crippen LogP) is 1.60. The molecular formula is C10H10ClN5. The smallest absolute Gasteiger partial charge is 0.255 e. The molecule has 2 aromatic heterocycles. The van der Waals surface area contributed by atoms with E-state index in [0.717, 1.165) is 0 Å². The zero-order valence-electron chi connectivity index (χ0n) is 8.90. The lowest BCUT2D eigenvalue weighted by molar-refractivity contribution is 0.725. The Hall–Kier alpha value is -1.80. The number of rotatable bonds is 2. The van der Waals surface area contributed by atoms with E-state index in [0.29, 0.717) is 16.7 Å². The summed E-state index contributed by atoms with van der Waals surface area (Å²) in [7, 11) is 0. The van der Waals surface area contributed by atoms with E-state index in [-0.39, 0.29) is 0 Å². The molecule has 0 fully saturated rings. The van der Waals surface area contributed by atoms with E-state index in [2.05, 4.69) is 26.3 Å². The quantitative estimate of drug-likeness (QED) is 0.635. The van der Waals surface area contributed by atoms with Gasteiger partial charge in [-0.1, -0.05) is 17.5 Å². The minimum atomic E-state index is -0.496. The first-order valence-corrected chi connectivity index (χ1v) is 5.02. The highest BCUT2D eigenvalue weighted by Gasteiger charge is 2.16. The van der Waals surface area contributed by atoms with Crippen molar-refractivity contribution in [3.05, 3.63) is 17.5 Å². The molecular weight excluding hydrogens is 226 g/mol. The van der Waals surface area contributed by atoms with E-state index < -0.39 is 5.54 Å². The van der Waals surface area contributed by atoms with Crippen LogP contribution in [-0.4, -0.2) is 25.1 Å². The molecule has 1 N–H and O–H groups in total. The van der Waals surface area contributed by atoms with Crippen LogP contribution >= 0.6 is 11.6 Å². The standard InChI is InChI=1S/C10H10ClN5/c1-4-10(2,3)15-8-5-7(11)14-9-12-6-13-16(8)9/h1,5-6,15H,2-3H3. The third-order valence-corrected chi connectivity index (χ3v) is 2.22. The molecule has 2 heterocycles. The van der Waals surface area contributed by atoms with Gasteiger partial charge in [0.1, 0.15) is 17.3 Å². The second-order valence-corrected chi connectivity index (χ2v) is 4.22. The first kappa shape index (κ1) is 10.7. The number of hydrogen-bond acceptors (Lipinski definition) is 4. The van der Waals surface area contributed by atoms with Crippen LogP contribution in [0.2, 0.25) is 5.15 Å². The number of halogens is 1. The van der Waals surface area contributed by atoms with Gasteiger partial charge in [-0.15, -0.1) is 6.42 Å². The summed E-state index contributed by atoms with van der Waals surface area (Å²) in [5, 5.41) is 7.51. The molecule has 0 atom stereocenters. The number of terminal acetylenes is 1. The number of aromatic nitrogens is 4. The van der Waals surface area contributed by atoms with E-state index >= 15 is 0 Å². The van der Waals surface area contributed by atoms with E-state index in [4.69, 9.17) is 18.0 Å². The third kappa shape index (κ3) is 1.92. The molecule has 0 spiro atoms. The molecule has 16 heavy (non-hydrogen) atoms. The maximum atomic E-state index is 5.87. The van der Waals surface area contributed by atoms with Crippen molar-refractivity contribution >= 4 is 23.2 Å². The SMILES string of the molecule is C#CC(C)(C)Nc1cc(Cl)nc2ncnn12. The summed E-state index contributed by atoms with van der Waals surface area (Å²) in [6.45, 7) is 3.76. The fourth-order valence-electron chi connectivity index (χ4n) is 1.23. The highest BCUT2D eigenvalue weighted by molar-refractivity contribution is 6.29. The van der Waals surface area contributed by atoms with Gasteiger partial charge in [0.2, 0.25) is 0 Å². The Kier molecular flexibility index (Phi) is 2.44. The van der Waals surface area contributed by atoms with Crippen LogP contribution in [0.25, 0.3) is 5.78 Å². The summed E-state index contributed by atoms with van der Waals surface area (Å²) in [4.78, 5) is 7.98. The van der Waals surface area contributed by atoms with Gasteiger partial charge in [0.25, 0.3) is 5.78 Å². The van der Waals surface area contributed by atoms with Crippen molar-refractivity contribution in [1.29, 1.82) is 0 Å². The molecule has 2 aromatic rings. The molecule has 0 saturated heterocycles. The molecule has 0 bridgehead atoms.